The molecule has 0 spiro atoms. The molecule has 3 N–H and O–H groups in total. The van der Waals surface area contributed by atoms with Crippen LogP contribution in [0.1, 0.15) is 12.8 Å². The minimum atomic E-state index is -1.00. The zero-order valence-corrected chi connectivity index (χ0v) is 6.51. The lowest BCUT2D eigenvalue weighted by atomic mass is 10.0. The zero-order chi connectivity index (χ0) is 9.14. The van der Waals surface area contributed by atoms with Gasteiger partial charge >= 0.3 is 5.97 Å². The van der Waals surface area contributed by atoms with Crippen molar-refractivity contribution in [3.05, 3.63) is 0 Å². The highest BCUT2D eigenvalue weighted by atomic mass is 16.5. The smallest absolute Gasteiger partial charge is 0.306 e. The first kappa shape index (κ1) is 9.44. The number of rotatable bonds is 2. The average molecular weight is 176 g/mol. The predicted molar refractivity (Wildman–Crippen MR) is 38.6 cm³/mol. The van der Waals surface area contributed by atoms with Crippen LogP contribution in [0.15, 0.2) is 0 Å². The summed E-state index contributed by atoms with van der Waals surface area (Å²) in [5.74, 6) is -1.00. The highest BCUT2D eigenvalue weighted by Gasteiger charge is 2.30. The SMILES string of the molecule is O=C(O)C[C@H]1OC[C@H](O)C[C@@H]1O. The lowest BCUT2D eigenvalue weighted by Crippen LogP contribution is -2.42. The van der Waals surface area contributed by atoms with Crippen LogP contribution < -0.4 is 0 Å². The summed E-state index contributed by atoms with van der Waals surface area (Å²) in [5, 5.41) is 26.6. The number of hydrogen-bond donors (Lipinski definition) is 3. The van der Waals surface area contributed by atoms with E-state index < -0.39 is 24.3 Å². The van der Waals surface area contributed by atoms with Crippen molar-refractivity contribution in [1.82, 2.24) is 0 Å². The molecule has 70 valence electrons. The molecule has 0 unspecified atom stereocenters. The molecule has 0 aromatic heterocycles. The van der Waals surface area contributed by atoms with Gasteiger partial charge in [0.05, 0.1) is 31.3 Å². The van der Waals surface area contributed by atoms with Gasteiger partial charge in [0.1, 0.15) is 0 Å². The van der Waals surface area contributed by atoms with Crippen molar-refractivity contribution in [2.45, 2.75) is 31.2 Å². The van der Waals surface area contributed by atoms with Gasteiger partial charge in [-0.2, -0.15) is 0 Å². The zero-order valence-electron chi connectivity index (χ0n) is 6.51. The van der Waals surface area contributed by atoms with Gasteiger partial charge in [-0.15, -0.1) is 0 Å². The van der Waals surface area contributed by atoms with Crippen molar-refractivity contribution >= 4 is 5.97 Å². The number of aliphatic hydroxyl groups excluding tert-OH is 2. The van der Waals surface area contributed by atoms with E-state index in [1.54, 1.807) is 0 Å². The van der Waals surface area contributed by atoms with Gasteiger partial charge in [-0.05, 0) is 0 Å². The van der Waals surface area contributed by atoms with Crippen LogP contribution in [0.3, 0.4) is 0 Å². The number of carboxylic acid groups (broad SMARTS) is 1. The molecule has 0 saturated carbocycles. The quantitative estimate of drug-likeness (QED) is 0.501. The number of hydrogen-bond acceptors (Lipinski definition) is 4. The summed E-state index contributed by atoms with van der Waals surface area (Å²) in [7, 11) is 0. The van der Waals surface area contributed by atoms with Crippen LogP contribution in [-0.4, -0.2) is 46.2 Å². The summed E-state index contributed by atoms with van der Waals surface area (Å²) in [6, 6.07) is 0. The topological polar surface area (TPSA) is 87.0 Å². The predicted octanol–water partition coefficient (Wildman–Crippen LogP) is -1.03. The first-order chi connectivity index (χ1) is 5.59. The van der Waals surface area contributed by atoms with Crippen LogP contribution in [0.2, 0.25) is 0 Å². The van der Waals surface area contributed by atoms with Crippen molar-refractivity contribution in [3.63, 3.8) is 0 Å². The highest BCUT2D eigenvalue weighted by Crippen LogP contribution is 2.16. The molecule has 1 aliphatic rings. The Bertz CT molecular complexity index is 169. The van der Waals surface area contributed by atoms with Gasteiger partial charge in [0, 0.05) is 6.42 Å². The molecule has 0 radical (unpaired) electrons. The van der Waals surface area contributed by atoms with E-state index in [0.29, 0.717) is 0 Å². The molecule has 1 saturated heterocycles. The van der Waals surface area contributed by atoms with Gasteiger partial charge in [-0.25, -0.2) is 0 Å². The van der Waals surface area contributed by atoms with Crippen LogP contribution in [0.4, 0.5) is 0 Å². The maximum Gasteiger partial charge on any atom is 0.306 e. The van der Waals surface area contributed by atoms with E-state index in [9.17, 15) is 9.90 Å². The third kappa shape index (κ3) is 2.44. The molecule has 1 fully saturated rings. The summed E-state index contributed by atoms with van der Waals surface area (Å²) in [6.07, 6.45) is -2.24. The molecule has 0 amide bonds. The van der Waals surface area contributed by atoms with Gasteiger partial charge in [0.25, 0.3) is 0 Å². The van der Waals surface area contributed by atoms with Crippen LogP contribution in [0.25, 0.3) is 0 Å². The Hall–Kier alpha value is -0.650. The molecular formula is C7H12O5. The standard InChI is InChI=1S/C7H12O5/c8-4-1-5(9)6(12-3-4)2-7(10)11/h4-6,8-9H,1-3H2,(H,10,11)/t4-,5+,6-/m1/s1. The van der Waals surface area contributed by atoms with Gasteiger partial charge in [-0.1, -0.05) is 0 Å². The lowest BCUT2D eigenvalue weighted by Gasteiger charge is -2.29. The molecule has 12 heavy (non-hydrogen) atoms. The van der Waals surface area contributed by atoms with E-state index in [4.69, 9.17) is 14.9 Å². The molecule has 0 aliphatic carbocycles. The fraction of sp³-hybridized carbons (Fsp3) is 0.857. The van der Waals surface area contributed by atoms with Crippen LogP contribution in [0, 0.1) is 0 Å². The Balaban J connectivity index is 2.39. The second kappa shape index (κ2) is 3.84. The summed E-state index contributed by atoms with van der Waals surface area (Å²) in [5.41, 5.74) is 0. The molecule has 3 atom stereocenters. The molecule has 1 aliphatic heterocycles. The van der Waals surface area contributed by atoms with Gasteiger partial charge in [0.15, 0.2) is 0 Å². The molecule has 0 bridgehead atoms. The van der Waals surface area contributed by atoms with E-state index >= 15 is 0 Å². The maximum atomic E-state index is 10.2. The number of ether oxygens (including phenoxy) is 1. The monoisotopic (exact) mass is 176 g/mol. The normalized spacial score (nSPS) is 36.3. The lowest BCUT2D eigenvalue weighted by molar-refractivity contribution is -0.154. The maximum absolute atomic E-state index is 10.2. The van der Waals surface area contributed by atoms with Crippen molar-refractivity contribution in [2.24, 2.45) is 0 Å². The number of carbonyl (C=O) groups is 1. The van der Waals surface area contributed by atoms with Crippen LogP contribution in [0.5, 0.6) is 0 Å². The number of aliphatic carboxylic acids is 1. The summed E-state index contributed by atoms with van der Waals surface area (Å²) >= 11 is 0. The van der Waals surface area contributed by atoms with Crippen molar-refractivity contribution in [2.75, 3.05) is 6.61 Å². The van der Waals surface area contributed by atoms with E-state index in [2.05, 4.69) is 0 Å². The highest BCUT2D eigenvalue weighted by molar-refractivity contribution is 5.67. The second-order valence-electron chi connectivity index (χ2n) is 2.93. The van der Waals surface area contributed by atoms with Crippen molar-refractivity contribution in [1.29, 1.82) is 0 Å². The Kier molecular flexibility index (Phi) is 3.02. The molecule has 0 aromatic rings. The molecule has 5 nitrogen and oxygen atoms in total. The van der Waals surface area contributed by atoms with E-state index in [1.807, 2.05) is 0 Å². The first-order valence-electron chi connectivity index (χ1n) is 3.79. The van der Waals surface area contributed by atoms with E-state index in [-0.39, 0.29) is 19.4 Å². The fourth-order valence-corrected chi connectivity index (χ4v) is 1.21. The minimum Gasteiger partial charge on any atom is -0.481 e. The van der Waals surface area contributed by atoms with Crippen molar-refractivity contribution < 1.29 is 24.9 Å². The first-order valence-corrected chi connectivity index (χ1v) is 3.79. The summed E-state index contributed by atoms with van der Waals surface area (Å²) in [6.45, 7) is 0.106. The van der Waals surface area contributed by atoms with Crippen molar-refractivity contribution in [3.8, 4) is 0 Å². The third-order valence-corrected chi connectivity index (χ3v) is 1.82. The summed E-state index contributed by atoms with van der Waals surface area (Å²) < 4.78 is 4.93. The van der Waals surface area contributed by atoms with Gasteiger partial charge < -0.3 is 20.1 Å². The summed E-state index contributed by atoms with van der Waals surface area (Å²) in [4.78, 5) is 10.2. The molecule has 1 rings (SSSR count). The number of aliphatic hydroxyl groups is 2. The molecule has 5 heteroatoms. The van der Waals surface area contributed by atoms with Gasteiger partial charge in [-0.3, -0.25) is 4.79 Å². The number of carboxylic acids is 1. The average Bonchev–Trinajstić information content (AvgIpc) is 1.94. The largest absolute Gasteiger partial charge is 0.481 e. The Morgan fingerprint density at radius 1 is 1.50 bits per heavy atom. The fourth-order valence-electron chi connectivity index (χ4n) is 1.21. The van der Waals surface area contributed by atoms with E-state index in [1.165, 1.54) is 0 Å². The molecule has 0 aromatic carbocycles. The van der Waals surface area contributed by atoms with Gasteiger partial charge in [0.2, 0.25) is 0 Å². The molecule has 1 heterocycles. The second-order valence-corrected chi connectivity index (χ2v) is 2.93. The van der Waals surface area contributed by atoms with E-state index in [0.717, 1.165) is 0 Å². The Morgan fingerprint density at radius 2 is 2.17 bits per heavy atom. The Morgan fingerprint density at radius 3 is 2.67 bits per heavy atom. The van der Waals surface area contributed by atoms with Crippen LogP contribution in [-0.2, 0) is 9.53 Å². The minimum absolute atomic E-state index is 0.106. The molecular weight excluding hydrogens is 164 g/mol. The third-order valence-electron chi connectivity index (χ3n) is 1.82. The Labute approximate surface area is 69.6 Å². The van der Waals surface area contributed by atoms with Crippen LogP contribution >= 0.6 is 0 Å².